The van der Waals surface area contributed by atoms with E-state index in [2.05, 4.69) is 56.0 Å². The molecule has 2 heterocycles. The van der Waals surface area contributed by atoms with Crippen LogP contribution < -0.4 is 5.32 Å². The number of rotatable bonds is 4. The van der Waals surface area contributed by atoms with Gasteiger partial charge in [0.25, 0.3) is 0 Å². The quantitative estimate of drug-likeness (QED) is 0.903. The third-order valence-electron chi connectivity index (χ3n) is 2.54. The number of aromatic nitrogens is 2. The van der Waals surface area contributed by atoms with Crippen molar-refractivity contribution in [1.82, 2.24) is 9.97 Å². The summed E-state index contributed by atoms with van der Waals surface area (Å²) in [6.45, 7) is 11.7. The first kappa shape index (κ1) is 14.6. The Morgan fingerprint density at radius 3 is 2.68 bits per heavy atom. The van der Waals surface area contributed by atoms with Gasteiger partial charge in [-0.2, -0.15) is 0 Å². The smallest absolute Gasteiger partial charge is 0.142 e. The van der Waals surface area contributed by atoms with Gasteiger partial charge in [-0.25, -0.2) is 9.97 Å². The summed E-state index contributed by atoms with van der Waals surface area (Å²) < 4.78 is 0.238. The molecule has 0 aromatic carbocycles. The monoisotopic (exact) mass is 295 g/mol. The molecule has 0 saturated carbocycles. The maximum Gasteiger partial charge on any atom is 0.142 e. The van der Waals surface area contributed by atoms with E-state index in [0.717, 1.165) is 34.2 Å². The fourth-order valence-electron chi connectivity index (χ4n) is 1.73. The molecule has 0 aliphatic carbocycles. The number of nitrogens with one attached hydrogen (secondary N) is 1. The van der Waals surface area contributed by atoms with Crippen molar-refractivity contribution in [2.75, 3.05) is 11.9 Å². The highest BCUT2D eigenvalue weighted by atomic mass is 32.2. The van der Waals surface area contributed by atoms with Crippen molar-refractivity contribution in [3.8, 4) is 0 Å². The number of anilines is 1. The van der Waals surface area contributed by atoms with E-state index >= 15 is 0 Å². The Bertz CT molecular complexity index is 570. The largest absolute Gasteiger partial charge is 0.370 e. The van der Waals surface area contributed by atoms with Crippen LogP contribution in [0.2, 0.25) is 0 Å². The molecule has 0 unspecified atom stereocenters. The molecule has 0 fully saturated rings. The minimum atomic E-state index is 0.238. The zero-order valence-corrected chi connectivity index (χ0v) is 13.8. The summed E-state index contributed by atoms with van der Waals surface area (Å²) in [5.41, 5.74) is 0. The van der Waals surface area contributed by atoms with Crippen LogP contribution >= 0.6 is 23.1 Å². The Kier molecular flexibility index (Phi) is 4.36. The van der Waals surface area contributed by atoms with Gasteiger partial charge < -0.3 is 5.32 Å². The van der Waals surface area contributed by atoms with Gasteiger partial charge in [-0.15, -0.1) is 23.1 Å². The lowest BCUT2D eigenvalue weighted by atomic mass is 10.3. The van der Waals surface area contributed by atoms with E-state index in [9.17, 15) is 0 Å². The van der Waals surface area contributed by atoms with Gasteiger partial charge in [-0.05, 0) is 19.9 Å². The van der Waals surface area contributed by atoms with Crippen LogP contribution in [0.4, 0.5) is 5.82 Å². The SMILES string of the molecule is CCNc1nc(CSC(C)(C)C)nc2sc(C)cc12. The third kappa shape index (κ3) is 3.83. The average Bonchev–Trinajstić information content (AvgIpc) is 2.66. The highest BCUT2D eigenvalue weighted by Gasteiger charge is 2.14. The second kappa shape index (κ2) is 5.67. The van der Waals surface area contributed by atoms with E-state index in [1.807, 2.05) is 11.8 Å². The maximum atomic E-state index is 4.69. The van der Waals surface area contributed by atoms with Crippen LogP contribution in [0.15, 0.2) is 6.07 Å². The first-order valence-corrected chi connectivity index (χ1v) is 8.34. The fraction of sp³-hybridized carbons (Fsp3) is 0.571. The first-order chi connectivity index (χ1) is 8.89. The molecule has 2 aromatic rings. The Morgan fingerprint density at radius 2 is 2.05 bits per heavy atom. The van der Waals surface area contributed by atoms with Gasteiger partial charge in [0.05, 0.1) is 11.1 Å². The van der Waals surface area contributed by atoms with Crippen molar-refractivity contribution >= 4 is 39.1 Å². The molecule has 0 saturated heterocycles. The third-order valence-corrected chi connectivity index (χ3v) is 4.75. The highest BCUT2D eigenvalue weighted by molar-refractivity contribution is 7.99. The highest BCUT2D eigenvalue weighted by Crippen LogP contribution is 2.31. The number of nitrogens with zero attached hydrogens (tertiary/aromatic N) is 2. The Hall–Kier alpha value is -0.810. The second-order valence-electron chi connectivity index (χ2n) is 5.50. The van der Waals surface area contributed by atoms with Crippen molar-refractivity contribution in [3.63, 3.8) is 0 Å². The predicted octanol–water partition coefficient (Wildman–Crippen LogP) is 4.46. The van der Waals surface area contributed by atoms with Crippen LogP contribution in [0, 0.1) is 6.92 Å². The Morgan fingerprint density at radius 1 is 1.32 bits per heavy atom. The lowest BCUT2D eigenvalue weighted by molar-refractivity contribution is 0.800. The van der Waals surface area contributed by atoms with E-state index in [1.165, 1.54) is 4.88 Å². The summed E-state index contributed by atoms with van der Waals surface area (Å²) in [4.78, 5) is 11.7. The predicted molar refractivity (Wildman–Crippen MR) is 87.4 cm³/mol. The Labute approximate surface area is 123 Å². The summed E-state index contributed by atoms with van der Waals surface area (Å²) in [5, 5.41) is 4.49. The van der Waals surface area contributed by atoms with Crippen molar-refractivity contribution < 1.29 is 0 Å². The number of aryl methyl sites for hydroxylation is 1. The average molecular weight is 295 g/mol. The molecule has 0 atom stereocenters. The van der Waals surface area contributed by atoms with Gasteiger partial charge in [0.1, 0.15) is 16.5 Å². The molecule has 1 N–H and O–H groups in total. The maximum absolute atomic E-state index is 4.69. The Balaban J connectivity index is 2.34. The molecule has 0 bridgehead atoms. The minimum Gasteiger partial charge on any atom is -0.370 e. The molecule has 2 rings (SSSR count). The lowest BCUT2D eigenvalue weighted by Crippen LogP contribution is -2.09. The van der Waals surface area contributed by atoms with E-state index in [1.54, 1.807) is 11.3 Å². The summed E-state index contributed by atoms with van der Waals surface area (Å²) in [6, 6.07) is 2.17. The normalized spacial score (nSPS) is 12.1. The number of thiophene rings is 1. The van der Waals surface area contributed by atoms with Crippen LogP contribution in [-0.4, -0.2) is 21.3 Å². The standard InChI is InChI=1S/C14H21N3S2/c1-6-15-12-10-7-9(2)19-13(10)17-11(16-12)8-18-14(3,4)5/h7H,6,8H2,1-5H3,(H,15,16,17). The van der Waals surface area contributed by atoms with Gasteiger partial charge in [-0.3, -0.25) is 0 Å². The van der Waals surface area contributed by atoms with Crippen LogP contribution in [0.3, 0.4) is 0 Å². The molecule has 0 aliphatic rings. The number of thioether (sulfide) groups is 1. The van der Waals surface area contributed by atoms with Crippen molar-refractivity contribution in [2.24, 2.45) is 0 Å². The van der Waals surface area contributed by atoms with Crippen LogP contribution in [0.1, 0.15) is 38.4 Å². The van der Waals surface area contributed by atoms with E-state index < -0.39 is 0 Å². The van der Waals surface area contributed by atoms with Gasteiger partial charge in [-0.1, -0.05) is 20.8 Å². The minimum absolute atomic E-state index is 0.238. The molecule has 2 aromatic heterocycles. The molecule has 0 aliphatic heterocycles. The summed E-state index contributed by atoms with van der Waals surface area (Å²) in [6.07, 6.45) is 0. The van der Waals surface area contributed by atoms with E-state index in [0.29, 0.717) is 0 Å². The van der Waals surface area contributed by atoms with Crippen LogP contribution in [-0.2, 0) is 5.75 Å². The molecular formula is C14H21N3S2. The van der Waals surface area contributed by atoms with E-state index in [4.69, 9.17) is 0 Å². The van der Waals surface area contributed by atoms with E-state index in [-0.39, 0.29) is 4.75 Å². The molecular weight excluding hydrogens is 274 g/mol. The summed E-state index contributed by atoms with van der Waals surface area (Å²) >= 11 is 3.62. The second-order valence-corrected chi connectivity index (χ2v) is 8.53. The van der Waals surface area contributed by atoms with Crippen molar-refractivity contribution in [1.29, 1.82) is 0 Å². The zero-order valence-electron chi connectivity index (χ0n) is 12.2. The molecule has 19 heavy (non-hydrogen) atoms. The summed E-state index contributed by atoms with van der Waals surface area (Å²) in [5.74, 6) is 2.75. The molecule has 0 amide bonds. The number of hydrogen-bond acceptors (Lipinski definition) is 5. The summed E-state index contributed by atoms with van der Waals surface area (Å²) in [7, 11) is 0. The number of hydrogen-bond donors (Lipinski definition) is 1. The van der Waals surface area contributed by atoms with Gasteiger partial charge in [0.2, 0.25) is 0 Å². The topological polar surface area (TPSA) is 37.8 Å². The van der Waals surface area contributed by atoms with Crippen molar-refractivity contribution in [2.45, 2.75) is 45.1 Å². The van der Waals surface area contributed by atoms with Crippen LogP contribution in [0.5, 0.6) is 0 Å². The first-order valence-electron chi connectivity index (χ1n) is 6.54. The lowest BCUT2D eigenvalue weighted by Gasteiger charge is -2.17. The zero-order chi connectivity index (χ0) is 14.0. The molecule has 3 nitrogen and oxygen atoms in total. The van der Waals surface area contributed by atoms with Gasteiger partial charge in [0, 0.05) is 16.2 Å². The van der Waals surface area contributed by atoms with Crippen molar-refractivity contribution in [3.05, 3.63) is 16.8 Å². The van der Waals surface area contributed by atoms with Gasteiger partial charge >= 0.3 is 0 Å². The molecule has 0 radical (unpaired) electrons. The molecule has 104 valence electrons. The number of fused-ring (bicyclic) bond motifs is 1. The fourth-order valence-corrected chi connectivity index (χ4v) is 3.32. The molecule has 5 heteroatoms. The van der Waals surface area contributed by atoms with Crippen LogP contribution in [0.25, 0.3) is 10.2 Å². The molecule has 0 spiro atoms. The van der Waals surface area contributed by atoms with Gasteiger partial charge in [0.15, 0.2) is 0 Å².